The standard InChI is InChI=1S/C48H76N6O12/c1-25(2)21-33(49-11)44(59)52-40-30(10)65-48(63)36(23-31-16-18-32(64-13)19-17-31)53(12)47(62)35-15-14-20-54(35)46(61)34(22-26(3)4)50-43(58)29(9)41(57)42(28(7)8)66-38(56)24-37(55)39(27(5)6)51-45(40)60/h16-19,25-30,33-37,39-40,42,49,55H,14-15,20-24H2,1-13H3,(H,50,58)(H,51,60)(H,52,59)/t29-,30+,33+,34-,35-,36-,37-,39-,40-,42?/m0/s1. The van der Waals surface area contributed by atoms with Gasteiger partial charge in [0.25, 0.3) is 0 Å². The predicted octanol–water partition coefficient (Wildman–Crippen LogP) is 2.32. The van der Waals surface area contributed by atoms with Crippen LogP contribution in [0.5, 0.6) is 5.75 Å². The second-order valence-electron chi connectivity index (χ2n) is 19.3. The van der Waals surface area contributed by atoms with Gasteiger partial charge in [-0.15, -0.1) is 0 Å². The van der Waals surface area contributed by atoms with Crippen LogP contribution in [0.25, 0.3) is 0 Å². The van der Waals surface area contributed by atoms with Crippen molar-refractivity contribution in [1.29, 1.82) is 0 Å². The first kappa shape index (κ1) is 55.2. The minimum atomic E-state index is -1.56. The number of ketones is 1. The summed E-state index contributed by atoms with van der Waals surface area (Å²) < 4.78 is 17.0. The van der Waals surface area contributed by atoms with E-state index in [4.69, 9.17) is 14.2 Å². The number of aliphatic hydroxyl groups excluding tert-OH is 1. The van der Waals surface area contributed by atoms with E-state index in [-0.39, 0.29) is 37.6 Å². The van der Waals surface area contributed by atoms with Crippen molar-refractivity contribution < 1.29 is 57.7 Å². The number of esters is 2. The number of nitrogens with one attached hydrogen (secondary N) is 4. The molecule has 18 nitrogen and oxygen atoms in total. The van der Waals surface area contributed by atoms with Crippen molar-refractivity contribution in [3.8, 4) is 5.75 Å². The lowest BCUT2D eigenvalue weighted by atomic mass is 9.92. The molecule has 0 aromatic heterocycles. The number of carbonyl (C=O) groups is 8. The van der Waals surface area contributed by atoms with E-state index in [0.29, 0.717) is 24.2 Å². The molecule has 5 amide bonds. The first-order chi connectivity index (χ1) is 30.9. The molecule has 2 heterocycles. The molecule has 2 fully saturated rings. The molecule has 2 aliphatic rings. The summed E-state index contributed by atoms with van der Waals surface area (Å²) in [6.45, 7) is 17.2. The molecule has 0 aliphatic carbocycles. The largest absolute Gasteiger partial charge is 0.497 e. The molecule has 2 saturated heterocycles. The molecule has 1 aromatic carbocycles. The van der Waals surface area contributed by atoms with Crippen LogP contribution < -0.4 is 26.0 Å². The van der Waals surface area contributed by atoms with Crippen LogP contribution in [-0.4, -0.2) is 144 Å². The number of carbonyl (C=O) groups excluding carboxylic acids is 8. The number of benzene rings is 1. The van der Waals surface area contributed by atoms with Crippen LogP contribution in [0.4, 0.5) is 0 Å². The molecule has 1 aromatic rings. The number of ether oxygens (including phenoxy) is 3. The van der Waals surface area contributed by atoms with Crippen molar-refractivity contribution in [3.63, 3.8) is 0 Å². The summed E-state index contributed by atoms with van der Waals surface area (Å²) in [5.41, 5.74) is 0.630. The minimum absolute atomic E-state index is 0.0507. The number of rotatable bonds is 12. The van der Waals surface area contributed by atoms with Crippen LogP contribution in [-0.2, 0) is 54.3 Å². The molecule has 3 rings (SSSR count). The Morgan fingerprint density at radius 3 is 2.06 bits per heavy atom. The Balaban J connectivity index is 2.22. The molecule has 0 radical (unpaired) electrons. The van der Waals surface area contributed by atoms with E-state index in [1.807, 2.05) is 27.7 Å². The van der Waals surface area contributed by atoms with E-state index >= 15 is 0 Å². The van der Waals surface area contributed by atoms with Crippen molar-refractivity contribution in [1.82, 2.24) is 31.1 Å². The summed E-state index contributed by atoms with van der Waals surface area (Å²) in [5, 5.41) is 22.7. The lowest BCUT2D eigenvalue weighted by Crippen LogP contribution is -2.61. The Labute approximate surface area is 390 Å². The molecule has 2 aliphatic heterocycles. The second-order valence-corrected chi connectivity index (χ2v) is 19.3. The van der Waals surface area contributed by atoms with Gasteiger partial charge in [-0.05, 0) is 87.9 Å². The number of amides is 5. The van der Waals surface area contributed by atoms with Crippen molar-refractivity contribution >= 4 is 47.3 Å². The van der Waals surface area contributed by atoms with E-state index in [1.54, 1.807) is 59.0 Å². The molecule has 0 saturated carbocycles. The second kappa shape index (κ2) is 25.1. The number of methoxy groups -OCH3 is 1. The van der Waals surface area contributed by atoms with Crippen molar-refractivity contribution in [2.45, 2.75) is 162 Å². The zero-order valence-electron chi connectivity index (χ0n) is 41.2. The Morgan fingerprint density at radius 1 is 0.879 bits per heavy atom. The van der Waals surface area contributed by atoms with Crippen LogP contribution >= 0.6 is 0 Å². The summed E-state index contributed by atoms with van der Waals surface area (Å²) in [7, 11) is 4.55. The summed E-state index contributed by atoms with van der Waals surface area (Å²) in [4.78, 5) is 116. The molecule has 0 spiro atoms. The maximum Gasteiger partial charge on any atom is 0.329 e. The SMILES string of the molecule is CN[C@H](CC(C)C)C(=O)N[C@@H]1C(=O)N[C@@H](C(C)C)[C@@H](O)CC(=O)OC(C(C)C)C(=O)[C@H](C)C(=O)N[C@@H](CC(C)C)C(=O)N2CCC[C@H]2C(=O)N(C)[C@@H](Cc2ccc(OC)cc2)C(=O)O[C@@H]1C. The van der Waals surface area contributed by atoms with Gasteiger partial charge in [-0.2, -0.15) is 0 Å². The number of aliphatic hydroxyl groups is 1. The van der Waals surface area contributed by atoms with Gasteiger partial charge < -0.3 is 50.4 Å². The topological polar surface area (TPSA) is 239 Å². The van der Waals surface area contributed by atoms with E-state index in [2.05, 4.69) is 21.3 Å². The van der Waals surface area contributed by atoms with Gasteiger partial charge in [-0.1, -0.05) is 67.5 Å². The Morgan fingerprint density at radius 2 is 1.52 bits per heavy atom. The summed E-state index contributed by atoms with van der Waals surface area (Å²) in [6.07, 6.45) is -3.74. The molecule has 0 bridgehead atoms. The number of fused-ring (bicyclic) bond motifs is 1. The van der Waals surface area contributed by atoms with Crippen molar-refractivity contribution in [2.75, 3.05) is 27.7 Å². The van der Waals surface area contributed by atoms with Crippen molar-refractivity contribution in [2.24, 2.45) is 29.6 Å². The third-order valence-corrected chi connectivity index (χ3v) is 12.3. The average molecular weight is 929 g/mol. The fraction of sp³-hybridized carbons (Fsp3) is 0.708. The third kappa shape index (κ3) is 15.0. The van der Waals surface area contributed by atoms with Gasteiger partial charge in [-0.25, -0.2) is 4.79 Å². The van der Waals surface area contributed by atoms with E-state index in [0.717, 1.165) is 0 Å². The zero-order valence-corrected chi connectivity index (χ0v) is 41.2. The fourth-order valence-electron chi connectivity index (χ4n) is 8.38. The highest BCUT2D eigenvalue weighted by molar-refractivity contribution is 6.05. The zero-order chi connectivity index (χ0) is 49.7. The number of hydrogen-bond donors (Lipinski definition) is 5. The normalized spacial score (nSPS) is 27.7. The maximum atomic E-state index is 14.7. The van der Waals surface area contributed by atoms with Crippen LogP contribution in [0, 0.1) is 29.6 Å². The van der Waals surface area contributed by atoms with Gasteiger partial charge in [0.15, 0.2) is 11.9 Å². The molecule has 5 N–H and O–H groups in total. The Kier molecular flexibility index (Phi) is 21.0. The van der Waals surface area contributed by atoms with Gasteiger partial charge in [0.1, 0.15) is 36.0 Å². The molecular formula is C48H76N6O12. The van der Waals surface area contributed by atoms with Gasteiger partial charge in [0.05, 0.1) is 37.6 Å². The molecule has 1 unspecified atom stereocenters. The smallest absolute Gasteiger partial charge is 0.329 e. The van der Waals surface area contributed by atoms with E-state index in [1.165, 1.54) is 37.8 Å². The first-order valence-corrected chi connectivity index (χ1v) is 23.3. The summed E-state index contributed by atoms with van der Waals surface area (Å²) in [5.74, 6) is -7.79. The number of Topliss-reactive ketones (excluding diaryl/α,β-unsaturated/α-hetero) is 1. The van der Waals surface area contributed by atoms with Gasteiger partial charge >= 0.3 is 11.9 Å². The monoisotopic (exact) mass is 929 g/mol. The summed E-state index contributed by atoms with van der Waals surface area (Å²) in [6, 6.07) is 0.00888. The third-order valence-electron chi connectivity index (χ3n) is 12.3. The number of hydrogen-bond acceptors (Lipinski definition) is 13. The van der Waals surface area contributed by atoms with Crippen LogP contribution in [0.1, 0.15) is 107 Å². The van der Waals surface area contributed by atoms with Crippen molar-refractivity contribution in [3.05, 3.63) is 29.8 Å². The van der Waals surface area contributed by atoms with Crippen LogP contribution in [0.2, 0.25) is 0 Å². The highest BCUT2D eigenvalue weighted by Crippen LogP contribution is 2.26. The quantitative estimate of drug-likeness (QED) is 0.150. The minimum Gasteiger partial charge on any atom is -0.497 e. The highest BCUT2D eigenvalue weighted by atomic mass is 16.6. The molecule has 18 heteroatoms. The lowest BCUT2D eigenvalue weighted by molar-refractivity contribution is -0.163. The van der Waals surface area contributed by atoms with Gasteiger partial charge in [0, 0.05) is 20.0 Å². The van der Waals surface area contributed by atoms with Crippen LogP contribution in [0.15, 0.2) is 24.3 Å². The summed E-state index contributed by atoms with van der Waals surface area (Å²) >= 11 is 0. The Bertz CT molecular complexity index is 1850. The van der Waals surface area contributed by atoms with Gasteiger partial charge in [-0.3, -0.25) is 33.6 Å². The maximum absolute atomic E-state index is 14.7. The van der Waals surface area contributed by atoms with Crippen LogP contribution in [0.3, 0.4) is 0 Å². The number of cyclic esters (lactones) is 2. The van der Waals surface area contributed by atoms with Gasteiger partial charge in [0.2, 0.25) is 29.5 Å². The predicted molar refractivity (Wildman–Crippen MR) is 245 cm³/mol. The lowest BCUT2D eigenvalue weighted by Gasteiger charge is -2.35. The molecule has 370 valence electrons. The molecule has 10 atom stereocenters. The molecular weight excluding hydrogens is 853 g/mol. The number of likely N-dealkylation sites (N-methyl/N-ethyl adjacent to an activating group) is 2. The highest BCUT2D eigenvalue weighted by Gasteiger charge is 2.44. The van der Waals surface area contributed by atoms with E-state index in [9.17, 15) is 43.5 Å². The van der Waals surface area contributed by atoms with E-state index < -0.39 is 126 Å². The average Bonchev–Trinajstić information content (AvgIpc) is 3.75. The first-order valence-electron chi connectivity index (χ1n) is 23.3. The fourth-order valence-corrected chi connectivity index (χ4v) is 8.38. The molecule has 66 heavy (non-hydrogen) atoms. The Hall–Kier alpha value is -5.10. The number of nitrogens with zero attached hydrogens (tertiary/aromatic N) is 2.